The minimum Gasteiger partial charge on any atom is -0.486 e. The molecular weight excluding hydrogens is 298 g/mol. The van der Waals surface area contributed by atoms with Gasteiger partial charge in [0.25, 0.3) is 0 Å². The van der Waals surface area contributed by atoms with E-state index in [-0.39, 0.29) is 5.91 Å². The molecule has 1 N–H and O–H groups in total. The number of carbonyl (C=O) groups is 1. The van der Waals surface area contributed by atoms with Gasteiger partial charge in [-0.2, -0.15) is 5.10 Å². The molecule has 0 saturated carbocycles. The van der Waals surface area contributed by atoms with Crippen molar-refractivity contribution in [3.63, 3.8) is 0 Å². The summed E-state index contributed by atoms with van der Waals surface area (Å²) < 4.78 is 16.2. The number of carbonyl (C=O) groups excluding carboxylic acids is 1. The second-order valence-electron chi connectivity index (χ2n) is 5.40. The molecule has 1 fully saturated rings. The fraction of sp³-hybridized carbons (Fsp3) is 0.500. The van der Waals surface area contributed by atoms with E-state index in [1.165, 1.54) is 0 Å². The number of fused-ring (bicyclic) bond motifs is 1. The lowest BCUT2D eigenvalue weighted by Crippen LogP contribution is -2.38. The Morgan fingerprint density at radius 1 is 1.17 bits per heavy atom. The first kappa shape index (κ1) is 15.8. The molecule has 3 rings (SSSR count). The summed E-state index contributed by atoms with van der Waals surface area (Å²) in [6, 6.07) is 5.56. The molecule has 7 nitrogen and oxygen atoms in total. The van der Waals surface area contributed by atoms with Crippen molar-refractivity contribution < 1.29 is 19.0 Å². The molecule has 1 amide bonds. The van der Waals surface area contributed by atoms with Crippen LogP contribution in [0.4, 0.5) is 0 Å². The SMILES string of the molecule is O=C(CCN1CCOCC1)NN=Cc1ccc2c(c1)OCCO2. The Kier molecular flexibility index (Phi) is 5.44. The van der Waals surface area contributed by atoms with Crippen molar-refractivity contribution in [2.45, 2.75) is 6.42 Å². The second-order valence-corrected chi connectivity index (χ2v) is 5.40. The molecule has 0 bridgehead atoms. The average molecular weight is 319 g/mol. The van der Waals surface area contributed by atoms with Gasteiger partial charge in [-0.1, -0.05) is 0 Å². The lowest BCUT2D eigenvalue weighted by Gasteiger charge is -2.25. The number of morpholine rings is 1. The largest absolute Gasteiger partial charge is 0.486 e. The third-order valence-electron chi connectivity index (χ3n) is 3.73. The number of hydrazone groups is 1. The summed E-state index contributed by atoms with van der Waals surface area (Å²) in [5.41, 5.74) is 3.40. The van der Waals surface area contributed by atoms with Crippen molar-refractivity contribution in [2.75, 3.05) is 46.1 Å². The highest BCUT2D eigenvalue weighted by molar-refractivity contribution is 5.83. The van der Waals surface area contributed by atoms with Crippen LogP contribution in [0.3, 0.4) is 0 Å². The highest BCUT2D eigenvalue weighted by Crippen LogP contribution is 2.30. The Hall–Kier alpha value is -2.12. The Bertz CT molecular complexity index is 570. The summed E-state index contributed by atoms with van der Waals surface area (Å²) in [7, 11) is 0. The summed E-state index contributed by atoms with van der Waals surface area (Å²) >= 11 is 0. The molecule has 0 radical (unpaired) electrons. The zero-order valence-corrected chi connectivity index (χ0v) is 13.0. The highest BCUT2D eigenvalue weighted by atomic mass is 16.6. The van der Waals surface area contributed by atoms with Crippen LogP contribution in [0.5, 0.6) is 11.5 Å². The first-order valence-corrected chi connectivity index (χ1v) is 7.83. The standard InChI is InChI=1S/C16H21N3O4/c20-16(3-4-19-5-7-21-8-6-19)18-17-12-13-1-2-14-15(11-13)23-10-9-22-14/h1-2,11-12H,3-10H2,(H,18,20). The summed E-state index contributed by atoms with van der Waals surface area (Å²) in [5, 5.41) is 3.99. The smallest absolute Gasteiger partial charge is 0.241 e. The van der Waals surface area contributed by atoms with Gasteiger partial charge in [0.15, 0.2) is 11.5 Å². The van der Waals surface area contributed by atoms with Crippen LogP contribution in [-0.4, -0.2) is 63.1 Å². The molecule has 2 heterocycles. The van der Waals surface area contributed by atoms with Crippen LogP contribution in [-0.2, 0) is 9.53 Å². The second kappa shape index (κ2) is 7.94. The molecule has 0 spiro atoms. The molecule has 0 aliphatic carbocycles. The van der Waals surface area contributed by atoms with Crippen LogP contribution in [0.2, 0.25) is 0 Å². The molecule has 0 aromatic heterocycles. The van der Waals surface area contributed by atoms with Crippen molar-refractivity contribution in [3.05, 3.63) is 23.8 Å². The zero-order chi connectivity index (χ0) is 15.9. The molecule has 7 heteroatoms. The quantitative estimate of drug-likeness (QED) is 0.637. The van der Waals surface area contributed by atoms with E-state index in [4.69, 9.17) is 14.2 Å². The molecule has 2 aliphatic rings. The topological polar surface area (TPSA) is 72.4 Å². The molecule has 0 unspecified atom stereocenters. The predicted octanol–water partition coefficient (Wildman–Crippen LogP) is 0.630. The third kappa shape index (κ3) is 4.67. The van der Waals surface area contributed by atoms with Crippen LogP contribution < -0.4 is 14.9 Å². The van der Waals surface area contributed by atoms with E-state index in [2.05, 4.69) is 15.4 Å². The molecule has 1 aromatic carbocycles. The maximum absolute atomic E-state index is 11.8. The molecular formula is C16H21N3O4. The number of nitrogens with one attached hydrogen (secondary N) is 1. The van der Waals surface area contributed by atoms with E-state index in [9.17, 15) is 4.79 Å². The molecule has 23 heavy (non-hydrogen) atoms. The molecule has 0 atom stereocenters. The van der Waals surface area contributed by atoms with E-state index in [1.54, 1.807) is 6.21 Å². The number of ether oxygens (including phenoxy) is 3. The van der Waals surface area contributed by atoms with Crippen LogP contribution in [0, 0.1) is 0 Å². The van der Waals surface area contributed by atoms with E-state index in [0.717, 1.165) is 44.2 Å². The monoisotopic (exact) mass is 319 g/mol. The van der Waals surface area contributed by atoms with Gasteiger partial charge in [0, 0.05) is 26.1 Å². The maximum Gasteiger partial charge on any atom is 0.241 e. The minimum atomic E-state index is -0.0923. The maximum atomic E-state index is 11.8. The summed E-state index contributed by atoms with van der Waals surface area (Å²) in [6.45, 7) is 5.09. The zero-order valence-electron chi connectivity index (χ0n) is 13.0. The van der Waals surface area contributed by atoms with Gasteiger partial charge in [-0.15, -0.1) is 0 Å². The first-order chi connectivity index (χ1) is 11.3. The van der Waals surface area contributed by atoms with Crippen molar-refractivity contribution in [3.8, 4) is 11.5 Å². The van der Waals surface area contributed by atoms with Crippen LogP contribution in [0.25, 0.3) is 0 Å². The van der Waals surface area contributed by atoms with Gasteiger partial charge in [0.05, 0.1) is 19.4 Å². The minimum absolute atomic E-state index is 0.0923. The highest BCUT2D eigenvalue weighted by Gasteiger charge is 2.12. The van der Waals surface area contributed by atoms with Gasteiger partial charge in [-0.05, 0) is 23.8 Å². The summed E-state index contributed by atoms with van der Waals surface area (Å²) in [4.78, 5) is 14.0. The van der Waals surface area contributed by atoms with Crippen LogP contribution in [0.1, 0.15) is 12.0 Å². The summed E-state index contributed by atoms with van der Waals surface area (Å²) in [5.74, 6) is 1.35. The third-order valence-corrected chi connectivity index (χ3v) is 3.73. The lowest BCUT2D eigenvalue weighted by atomic mass is 10.2. The fourth-order valence-corrected chi connectivity index (χ4v) is 2.46. The van der Waals surface area contributed by atoms with Crippen molar-refractivity contribution in [1.82, 2.24) is 10.3 Å². The Morgan fingerprint density at radius 2 is 1.96 bits per heavy atom. The predicted molar refractivity (Wildman–Crippen MR) is 85.0 cm³/mol. The van der Waals surface area contributed by atoms with Crippen molar-refractivity contribution in [1.29, 1.82) is 0 Å². The van der Waals surface area contributed by atoms with Crippen molar-refractivity contribution in [2.24, 2.45) is 5.10 Å². The molecule has 2 aliphatic heterocycles. The Balaban J connectivity index is 1.43. The van der Waals surface area contributed by atoms with Gasteiger partial charge < -0.3 is 14.2 Å². The molecule has 124 valence electrons. The van der Waals surface area contributed by atoms with Gasteiger partial charge in [-0.25, -0.2) is 5.43 Å². The summed E-state index contributed by atoms with van der Waals surface area (Å²) in [6.07, 6.45) is 2.03. The van der Waals surface area contributed by atoms with E-state index < -0.39 is 0 Å². The first-order valence-electron chi connectivity index (χ1n) is 7.83. The number of amides is 1. The number of benzene rings is 1. The Labute approximate surface area is 135 Å². The van der Waals surface area contributed by atoms with Gasteiger partial charge >= 0.3 is 0 Å². The van der Waals surface area contributed by atoms with E-state index >= 15 is 0 Å². The van der Waals surface area contributed by atoms with Crippen LogP contribution >= 0.6 is 0 Å². The normalized spacial score (nSPS) is 18.1. The molecule has 1 saturated heterocycles. The average Bonchev–Trinajstić information content (AvgIpc) is 2.61. The lowest BCUT2D eigenvalue weighted by molar-refractivity contribution is -0.121. The molecule has 1 aromatic rings. The number of rotatable bonds is 5. The van der Waals surface area contributed by atoms with Gasteiger partial charge in [0.2, 0.25) is 5.91 Å². The van der Waals surface area contributed by atoms with Gasteiger partial charge in [-0.3, -0.25) is 9.69 Å². The Morgan fingerprint density at radius 3 is 2.78 bits per heavy atom. The number of hydrogen-bond donors (Lipinski definition) is 1. The fourth-order valence-electron chi connectivity index (χ4n) is 2.46. The van der Waals surface area contributed by atoms with Crippen molar-refractivity contribution >= 4 is 12.1 Å². The number of nitrogens with zero attached hydrogens (tertiary/aromatic N) is 2. The van der Waals surface area contributed by atoms with Gasteiger partial charge in [0.1, 0.15) is 13.2 Å². The number of hydrogen-bond acceptors (Lipinski definition) is 6. The van der Waals surface area contributed by atoms with Crippen LogP contribution in [0.15, 0.2) is 23.3 Å². The van der Waals surface area contributed by atoms with E-state index in [0.29, 0.717) is 25.4 Å². The van der Waals surface area contributed by atoms with E-state index in [1.807, 2.05) is 18.2 Å².